The fourth-order valence-corrected chi connectivity index (χ4v) is 5.00. The zero-order valence-corrected chi connectivity index (χ0v) is 16.4. The number of amides is 1. The molecule has 0 unspecified atom stereocenters. The molecule has 1 aromatic heterocycles. The van der Waals surface area contributed by atoms with Crippen molar-refractivity contribution in [3.63, 3.8) is 0 Å². The molecule has 0 aliphatic carbocycles. The van der Waals surface area contributed by atoms with Crippen LogP contribution in [0.3, 0.4) is 0 Å². The maximum absolute atomic E-state index is 12.6. The normalized spacial score (nSPS) is 19.0. The molecule has 2 heterocycles. The molecule has 140 valence electrons. The standard InChI is InChI=1S/C19H22ClNO4S/c1-13(2)19(22)21(16-9-10-26(23,24)12-16)11-17-7-8-18(25-17)14-3-5-15(20)6-4-14/h3-8,13,16H,9-12H2,1-2H3/t16-/m1/s1. The minimum absolute atomic E-state index is 0.0240. The van der Waals surface area contributed by atoms with Gasteiger partial charge in [0.15, 0.2) is 9.84 Å². The summed E-state index contributed by atoms with van der Waals surface area (Å²) >= 11 is 5.91. The van der Waals surface area contributed by atoms with E-state index in [9.17, 15) is 13.2 Å². The van der Waals surface area contributed by atoms with Crippen LogP contribution < -0.4 is 0 Å². The van der Waals surface area contributed by atoms with Gasteiger partial charge in [-0.05, 0) is 42.8 Å². The molecule has 1 amide bonds. The van der Waals surface area contributed by atoms with Crippen molar-refractivity contribution < 1.29 is 17.6 Å². The van der Waals surface area contributed by atoms with Crippen LogP contribution in [0.25, 0.3) is 11.3 Å². The number of rotatable bonds is 5. The van der Waals surface area contributed by atoms with Gasteiger partial charge in [-0.25, -0.2) is 8.42 Å². The monoisotopic (exact) mass is 395 g/mol. The summed E-state index contributed by atoms with van der Waals surface area (Å²) in [5, 5.41) is 0.650. The first-order valence-electron chi connectivity index (χ1n) is 8.61. The second-order valence-corrected chi connectivity index (χ2v) is 9.62. The lowest BCUT2D eigenvalue weighted by Gasteiger charge is -2.29. The minimum Gasteiger partial charge on any atom is -0.459 e. The molecule has 1 saturated heterocycles. The number of carbonyl (C=O) groups excluding carboxylic acids is 1. The first kappa shape index (κ1) is 19.0. The lowest BCUT2D eigenvalue weighted by molar-refractivity contribution is -0.137. The van der Waals surface area contributed by atoms with E-state index < -0.39 is 9.84 Å². The van der Waals surface area contributed by atoms with E-state index in [1.807, 2.05) is 38.1 Å². The Morgan fingerprint density at radius 3 is 2.50 bits per heavy atom. The molecule has 7 heteroatoms. The molecule has 2 aromatic rings. The van der Waals surface area contributed by atoms with Gasteiger partial charge in [0, 0.05) is 22.5 Å². The number of sulfone groups is 1. The van der Waals surface area contributed by atoms with E-state index in [0.29, 0.717) is 23.0 Å². The van der Waals surface area contributed by atoms with Crippen LogP contribution in [0, 0.1) is 5.92 Å². The van der Waals surface area contributed by atoms with Crippen molar-refractivity contribution >= 4 is 27.3 Å². The lowest BCUT2D eigenvalue weighted by Crippen LogP contribution is -2.42. The largest absolute Gasteiger partial charge is 0.459 e. The van der Waals surface area contributed by atoms with Crippen LogP contribution in [0.4, 0.5) is 0 Å². The number of halogens is 1. The number of carbonyl (C=O) groups is 1. The highest BCUT2D eigenvalue weighted by molar-refractivity contribution is 7.91. The first-order chi connectivity index (χ1) is 12.2. The van der Waals surface area contributed by atoms with E-state index in [4.69, 9.17) is 16.0 Å². The Balaban J connectivity index is 1.81. The summed E-state index contributed by atoms with van der Waals surface area (Å²) in [5.41, 5.74) is 0.894. The third kappa shape index (κ3) is 4.30. The Kier molecular flexibility index (Phi) is 5.44. The smallest absolute Gasteiger partial charge is 0.225 e. The Morgan fingerprint density at radius 1 is 1.23 bits per heavy atom. The molecule has 0 spiro atoms. The summed E-state index contributed by atoms with van der Waals surface area (Å²) in [5.74, 6) is 1.21. The third-order valence-corrected chi connectivity index (χ3v) is 6.55. The molecular weight excluding hydrogens is 374 g/mol. The van der Waals surface area contributed by atoms with Gasteiger partial charge in [-0.2, -0.15) is 0 Å². The van der Waals surface area contributed by atoms with Crippen molar-refractivity contribution in [3.05, 3.63) is 47.2 Å². The molecule has 1 aromatic carbocycles. The highest BCUT2D eigenvalue weighted by Gasteiger charge is 2.35. The number of hydrogen-bond acceptors (Lipinski definition) is 4. The van der Waals surface area contributed by atoms with Crippen LogP contribution in [0.2, 0.25) is 5.02 Å². The Labute approximate surface area is 158 Å². The second-order valence-electron chi connectivity index (χ2n) is 6.95. The molecule has 1 aliphatic heterocycles. The highest BCUT2D eigenvalue weighted by atomic mass is 35.5. The Bertz CT molecular complexity index is 887. The summed E-state index contributed by atoms with van der Waals surface area (Å²) in [6.45, 7) is 3.91. The molecule has 0 bridgehead atoms. The molecule has 3 rings (SSSR count). The number of furan rings is 1. The van der Waals surface area contributed by atoms with Gasteiger partial charge in [-0.3, -0.25) is 4.79 Å². The van der Waals surface area contributed by atoms with E-state index in [1.54, 1.807) is 17.0 Å². The van der Waals surface area contributed by atoms with Crippen molar-refractivity contribution in [2.45, 2.75) is 32.9 Å². The fraction of sp³-hybridized carbons (Fsp3) is 0.421. The van der Waals surface area contributed by atoms with Gasteiger partial charge in [-0.15, -0.1) is 0 Å². The number of nitrogens with zero attached hydrogens (tertiary/aromatic N) is 1. The SMILES string of the molecule is CC(C)C(=O)N(Cc1ccc(-c2ccc(Cl)cc2)o1)[C@@H]1CCS(=O)(=O)C1. The van der Waals surface area contributed by atoms with Crippen molar-refractivity contribution in [3.8, 4) is 11.3 Å². The lowest BCUT2D eigenvalue weighted by atomic mass is 10.1. The van der Waals surface area contributed by atoms with Crippen LogP contribution in [0.1, 0.15) is 26.0 Å². The minimum atomic E-state index is -3.07. The average Bonchev–Trinajstić information content (AvgIpc) is 3.19. The molecule has 1 atom stereocenters. The maximum atomic E-state index is 12.6. The Morgan fingerprint density at radius 2 is 1.92 bits per heavy atom. The van der Waals surface area contributed by atoms with Gasteiger partial charge >= 0.3 is 0 Å². The van der Waals surface area contributed by atoms with E-state index in [2.05, 4.69) is 0 Å². The quantitative estimate of drug-likeness (QED) is 0.772. The second kappa shape index (κ2) is 7.45. The molecule has 1 fully saturated rings. The van der Waals surface area contributed by atoms with Crippen LogP contribution in [-0.2, 0) is 21.2 Å². The van der Waals surface area contributed by atoms with Crippen LogP contribution in [-0.4, -0.2) is 36.8 Å². The predicted octanol–water partition coefficient (Wildman–Crippen LogP) is 3.77. The summed E-state index contributed by atoms with van der Waals surface area (Å²) < 4.78 is 29.6. The topological polar surface area (TPSA) is 67.6 Å². The summed E-state index contributed by atoms with van der Waals surface area (Å²) in [6, 6.07) is 10.7. The molecule has 0 saturated carbocycles. The first-order valence-corrected chi connectivity index (χ1v) is 10.8. The highest BCUT2D eigenvalue weighted by Crippen LogP contribution is 2.27. The van der Waals surface area contributed by atoms with Gasteiger partial charge in [-0.1, -0.05) is 25.4 Å². The molecular formula is C19H22ClNO4S. The number of hydrogen-bond donors (Lipinski definition) is 0. The van der Waals surface area contributed by atoms with E-state index in [-0.39, 0.29) is 35.9 Å². The predicted molar refractivity (Wildman–Crippen MR) is 102 cm³/mol. The fourth-order valence-electron chi connectivity index (χ4n) is 3.14. The third-order valence-electron chi connectivity index (χ3n) is 4.54. The van der Waals surface area contributed by atoms with E-state index >= 15 is 0 Å². The molecule has 1 aliphatic rings. The summed E-state index contributed by atoms with van der Waals surface area (Å²) in [4.78, 5) is 14.3. The average molecular weight is 396 g/mol. The van der Waals surface area contributed by atoms with Gasteiger partial charge in [0.05, 0.1) is 18.1 Å². The van der Waals surface area contributed by atoms with Crippen molar-refractivity contribution in [2.75, 3.05) is 11.5 Å². The zero-order chi connectivity index (χ0) is 18.9. The van der Waals surface area contributed by atoms with Crippen LogP contribution >= 0.6 is 11.6 Å². The Hall–Kier alpha value is -1.79. The van der Waals surface area contributed by atoms with Gasteiger partial charge < -0.3 is 9.32 Å². The summed E-state index contributed by atoms with van der Waals surface area (Å²) in [7, 11) is -3.07. The van der Waals surface area contributed by atoms with Crippen LogP contribution in [0.5, 0.6) is 0 Å². The van der Waals surface area contributed by atoms with Gasteiger partial charge in [0.1, 0.15) is 11.5 Å². The van der Waals surface area contributed by atoms with Crippen molar-refractivity contribution in [2.24, 2.45) is 5.92 Å². The van der Waals surface area contributed by atoms with E-state index in [0.717, 1.165) is 5.56 Å². The van der Waals surface area contributed by atoms with E-state index in [1.165, 1.54) is 0 Å². The van der Waals surface area contributed by atoms with Crippen molar-refractivity contribution in [1.82, 2.24) is 4.90 Å². The number of benzene rings is 1. The van der Waals surface area contributed by atoms with Crippen LogP contribution in [0.15, 0.2) is 40.8 Å². The zero-order valence-electron chi connectivity index (χ0n) is 14.8. The molecule has 26 heavy (non-hydrogen) atoms. The molecule has 5 nitrogen and oxygen atoms in total. The summed E-state index contributed by atoms with van der Waals surface area (Å²) in [6.07, 6.45) is 0.478. The molecule has 0 N–H and O–H groups in total. The van der Waals surface area contributed by atoms with Crippen molar-refractivity contribution in [1.29, 1.82) is 0 Å². The van der Waals surface area contributed by atoms with Gasteiger partial charge in [0.25, 0.3) is 0 Å². The van der Waals surface area contributed by atoms with Gasteiger partial charge in [0.2, 0.25) is 5.91 Å². The molecule has 0 radical (unpaired) electrons. The maximum Gasteiger partial charge on any atom is 0.225 e.